The van der Waals surface area contributed by atoms with Crippen LogP contribution >= 0.6 is 0 Å². The molecule has 2 heterocycles. The number of rotatable bonds is 2. The molecule has 0 aliphatic carbocycles. The third-order valence-corrected chi connectivity index (χ3v) is 4.16. The van der Waals surface area contributed by atoms with E-state index in [-0.39, 0.29) is 5.57 Å². The standard InChI is InChI=1S/C18H18N4O3/c1-9-5-6-15(10(2)7-9)22-12(4)13(11(3)21-22)8-14-16(23)19-18(25)20-17(14)24/h5-8H,1-4H3,(H2,19,20,23,24,25). The molecule has 4 amide bonds. The highest BCUT2D eigenvalue weighted by molar-refractivity contribution is 6.31. The van der Waals surface area contributed by atoms with E-state index in [1.807, 2.05) is 39.8 Å². The molecule has 0 saturated carbocycles. The van der Waals surface area contributed by atoms with Crippen molar-refractivity contribution in [2.75, 3.05) is 0 Å². The first-order chi connectivity index (χ1) is 11.8. The van der Waals surface area contributed by atoms with Crippen LogP contribution in [0.3, 0.4) is 0 Å². The van der Waals surface area contributed by atoms with Crippen LogP contribution in [0.15, 0.2) is 23.8 Å². The van der Waals surface area contributed by atoms with E-state index >= 15 is 0 Å². The Morgan fingerprint density at radius 3 is 2.24 bits per heavy atom. The fourth-order valence-electron chi connectivity index (χ4n) is 2.89. The third kappa shape index (κ3) is 2.96. The van der Waals surface area contributed by atoms with Crippen molar-refractivity contribution in [1.29, 1.82) is 0 Å². The zero-order valence-electron chi connectivity index (χ0n) is 14.4. The fraction of sp³-hybridized carbons (Fsp3) is 0.222. The summed E-state index contributed by atoms with van der Waals surface area (Å²) in [6.07, 6.45) is 1.47. The lowest BCUT2D eigenvalue weighted by Crippen LogP contribution is -2.51. The van der Waals surface area contributed by atoms with Crippen LogP contribution in [0.2, 0.25) is 0 Å². The summed E-state index contributed by atoms with van der Waals surface area (Å²) in [5, 5.41) is 8.68. The third-order valence-electron chi connectivity index (χ3n) is 4.16. The number of carbonyl (C=O) groups excluding carboxylic acids is 3. The number of nitrogens with zero attached hydrogens (tertiary/aromatic N) is 2. The number of urea groups is 1. The number of aryl methyl sites for hydroxylation is 3. The number of hydrogen-bond donors (Lipinski definition) is 2. The highest BCUT2D eigenvalue weighted by Crippen LogP contribution is 2.23. The summed E-state index contributed by atoms with van der Waals surface area (Å²) in [6, 6.07) is 5.24. The Labute approximate surface area is 144 Å². The first-order valence-corrected chi connectivity index (χ1v) is 7.80. The molecule has 1 aliphatic heterocycles. The lowest BCUT2D eigenvalue weighted by molar-refractivity contribution is -0.123. The van der Waals surface area contributed by atoms with Gasteiger partial charge >= 0.3 is 6.03 Å². The van der Waals surface area contributed by atoms with Crippen LogP contribution in [0.25, 0.3) is 11.8 Å². The Morgan fingerprint density at radius 2 is 1.64 bits per heavy atom. The molecule has 1 saturated heterocycles. The molecule has 1 fully saturated rings. The molecular weight excluding hydrogens is 320 g/mol. The van der Waals surface area contributed by atoms with Crippen molar-refractivity contribution in [3.63, 3.8) is 0 Å². The zero-order valence-corrected chi connectivity index (χ0v) is 14.4. The predicted molar refractivity (Wildman–Crippen MR) is 92.2 cm³/mol. The van der Waals surface area contributed by atoms with Gasteiger partial charge in [0.2, 0.25) is 0 Å². The van der Waals surface area contributed by atoms with Gasteiger partial charge in [-0.05, 0) is 45.4 Å². The first kappa shape index (κ1) is 16.6. The number of carbonyl (C=O) groups is 3. The van der Waals surface area contributed by atoms with E-state index in [1.54, 1.807) is 4.68 Å². The van der Waals surface area contributed by atoms with Gasteiger partial charge < -0.3 is 0 Å². The molecule has 7 heteroatoms. The van der Waals surface area contributed by atoms with Crippen LogP contribution in [0.4, 0.5) is 4.79 Å². The maximum atomic E-state index is 11.9. The Bertz CT molecular complexity index is 931. The van der Waals surface area contributed by atoms with Crippen LogP contribution < -0.4 is 10.6 Å². The fourth-order valence-corrected chi connectivity index (χ4v) is 2.89. The topological polar surface area (TPSA) is 93.1 Å². The molecule has 1 aromatic heterocycles. The Hall–Kier alpha value is -3.22. The van der Waals surface area contributed by atoms with Gasteiger partial charge in [0.15, 0.2) is 0 Å². The summed E-state index contributed by atoms with van der Waals surface area (Å²) in [5.74, 6) is -1.43. The SMILES string of the molecule is Cc1ccc(-n2nc(C)c(C=C3C(=O)NC(=O)NC3=O)c2C)c(C)c1. The number of nitrogens with one attached hydrogen (secondary N) is 2. The normalized spacial score (nSPS) is 14.4. The van der Waals surface area contributed by atoms with Gasteiger partial charge in [-0.2, -0.15) is 5.10 Å². The van der Waals surface area contributed by atoms with E-state index < -0.39 is 17.8 Å². The van der Waals surface area contributed by atoms with E-state index in [0.717, 1.165) is 22.5 Å². The van der Waals surface area contributed by atoms with Gasteiger partial charge in [-0.1, -0.05) is 17.7 Å². The van der Waals surface area contributed by atoms with Crippen molar-refractivity contribution in [2.45, 2.75) is 27.7 Å². The molecule has 1 aromatic carbocycles. The van der Waals surface area contributed by atoms with Gasteiger partial charge in [0, 0.05) is 11.3 Å². The Morgan fingerprint density at radius 1 is 1.00 bits per heavy atom. The summed E-state index contributed by atoms with van der Waals surface area (Å²) in [6.45, 7) is 7.71. The van der Waals surface area contributed by atoms with Crippen molar-refractivity contribution >= 4 is 23.9 Å². The number of imide groups is 2. The summed E-state index contributed by atoms with van der Waals surface area (Å²) < 4.78 is 1.79. The molecule has 2 aromatic rings. The van der Waals surface area contributed by atoms with Gasteiger partial charge in [-0.3, -0.25) is 20.2 Å². The molecule has 7 nitrogen and oxygen atoms in total. The van der Waals surface area contributed by atoms with Crippen molar-refractivity contribution < 1.29 is 14.4 Å². The molecule has 25 heavy (non-hydrogen) atoms. The minimum absolute atomic E-state index is 0.119. The summed E-state index contributed by atoms with van der Waals surface area (Å²) >= 11 is 0. The zero-order chi connectivity index (χ0) is 18.3. The van der Waals surface area contributed by atoms with Gasteiger partial charge in [0.1, 0.15) is 5.57 Å². The molecule has 0 bridgehead atoms. The molecule has 0 atom stereocenters. The Balaban J connectivity index is 2.09. The van der Waals surface area contributed by atoms with Crippen LogP contribution in [0.1, 0.15) is 28.1 Å². The van der Waals surface area contributed by atoms with Crippen molar-refractivity contribution in [3.8, 4) is 5.69 Å². The second-order valence-electron chi connectivity index (χ2n) is 6.08. The molecule has 3 rings (SSSR count). The quantitative estimate of drug-likeness (QED) is 0.645. The minimum atomic E-state index is -0.813. The van der Waals surface area contributed by atoms with Crippen LogP contribution in [-0.2, 0) is 9.59 Å². The van der Waals surface area contributed by atoms with Crippen LogP contribution in [0.5, 0.6) is 0 Å². The maximum absolute atomic E-state index is 11.9. The van der Waals surface area contributed by atoms with Gasteiger partial charge in [-0.15, -0.1) is 0 Å². The van der Waals surface area contributed by atoms with Gasteiger partial charge in [0.05, 0.1) is 11.4 Å². The number of aromatic nitrogens is 2. The van der Waals surface area contributed by atoms with Crippen molar-refractivity contribution in [2.24, 2.45) is 0 Å². The molecule has 2 N–H and O–H groups in total. The van der Waals surface area contributed by atoms with Crippen LogP contribution in [-0.4, -0.2) is 27.6 Å². The van der Waals surface area contributed by atoms with Gasteiger partial charge in [0.25, 0.3) is 11.8 Å². The summed E-state index contributed by atoms with van der Waals surface area (Å²) in [7, 11) is 0. The first-order valence-electron chi connectivity index (χ1n) is 7.80. The molecule has 0 spiro atoms. The smallest absolute Gasteiger partial charge is 0.273 e. The van der Waals surface area contributed by atoms with Crippen molar-refractivity contribution in [1.82, 2.24) is 20.4 Å². The van der Waals surface area contributed by atoms with E-state index in [1.165, 1.54) is 6.08 Å². The molecule has 1 aliphatic rings. The highest BCUT2D eigenvalue weighted by atomic mass is 16.2. The highest BCUT2D eigenvalue weighted by Gasteiger charge is 2.28. The number of hydrogen-bond acceptors (Lipinski definition) is 4. The second kappa shape index (κ2) is 6.01. The monoisotopic (exact) mass is 338 g/mol. The predicted octanol–water partition coefficient (Wildman–Crippen LogP) is 1.86. The second-order valence-corrected chi connectivity index (χ2v) is 6.08. The lowest BCUT2D eigenvalue weighted by Gasteiger charge is -2.14. The van der Waals surface area contributed by atoms with Crippen LogP contribution in [0, 0.1) is 27.7 Å². The summed E-state index contributed by atoms with van der Waals surface area (Å²) in [4.78, 5) is 35.0. The summed E-state index contributed by atoms with van der Waals surface area (Å²) in [5.41, 5.74) is 5.20. The van der Waals surface area contributed by atoms with E-state index in [4.69, 9.17) is 0 Å². The van der Waals surface area contributed by atoms with E-state index in [9.17, 15) is 14.4 Å². The van der Waals surface area contributed by atoms with Crippen molar-refractivity contribution in [3.05, 3.63) is 51.9 Å². The maximum Gasteiger partial charge on any atom is 0.328 e. The largest absolute Gasteiger partial charge is 0.328 e. The number of barbiturate groups is 1. The van der Waals surface area contributed by atoms with E-state index in [2.05, 4.69) is 21.8 Å². The van der Waals surface area contributed by atoms with E-state index in [0.29, 0.717) is 11.3 Å². The number of benzene rings is 1. The average Bonchev–Trinajstić information content (AvgIpc) is 2.78. The average molecular weight is 338 g/mol. The number of amides is 4. The van der Waals surface area contributed by atoms with Gasteiger partial charge in [-0.25, -0.2) is 9.48 Å². The molecule has 0 unspecified atom stereocenters. The molecule has 128 valence electrons. The molecular formula is C18H18N4O3. The Kier molecular flexibility index (Phi) is 4.00. The minimum Gasteiger partial charge on any atom is -0.273 e. The lowest BCUT2D eigenvalue weighted by atomic mass is 10.1. The molecule has 0 radical (unpaired) electrons.